The van der Waals surface area contributed by atoms with Crippen LogP contribution in [-0.2, 0) is 0 Å². The molecule has 0 saturated heterocycles. The summed E-state index contributed by atoms with van der Waals surface area (Å²) >= 11 is 5.76. The van der Waals surface area contributed by atoms with Crippen molar-refractivity contribution in [2.24, 2.45) is 5.10 Å². The summed E-state index contributed by atoms with van der Waals surface area (Å²) in [5.41, 5.74) is 3.98. The molecular formula is C13H10ClN3O2. The Kier molecular flexibility index (Phi) is 4.10. The molecule has 6 heteroatoms. The van der Waals surface area contributed by atoms with E-state index in [0.717, 1.165) is 5.69 Å². The second-order valence-corrected chi connectivity index (χ2v) is 4.13. The van der Waals surface area contributed by atoms with Crippen molar-refractivity contribution in [3.63, 3.8) is 0 Å². The molecule has 0 aromatic heterocycles. The van der Waals surface area contributed by atoms with Crippen LogP contribution in [0.5, 0.6) is 0 Å². The molecule has 5 nitrogen and oxygen atoms in total. The summed E-state index contributed by atoms with van der Waals surface area (Å²) in [6.45, 7) is 0. The van der Waals surface area contributed by atoms with Gasteiger partial charge in [-0.15, -0.1) is 0 Å². The second-order valence-electron chi connectivity index (χ2n) is 3.69. The molecule has 2 aromatic carbocycles. The van der Waals surface area contributed by atoms with Gasteiger partial charge in [-0.1, -0.05) is 23.7 Å². The van der Waals surface area contributed by atoms with Gasteiger partial charge in [0.1, 0.15) is 0 Å². The summed E-state index contributed by atoms with van der Waals surface area (Å²) in [7, 11) is 0. The fourth-order valence-electron chi connectivity index (χ4n) is 1.46. The highest BCUT2D eigenvalue weighted by atomic mass is 35.5. The summed E-state index contributed by atoms with van der Waals surface area (Å²) in [6.07, 6.45) is 1.41. The number of nitro benzene ring substituents is 1. The SMILES string of the molecule is O=[N+]([O-])c1ccccc1/C=N/Nc1ccc(Cl)cc1. The van der Waals surface area contributed by atoms with Crippen LogP contribution in [0.2, 0.25) is 5.02 Å². The third kappa shape index (κ3) is 3.53. The first-order valence-corrected chi connectivity index (χ1v) is 5.82. The Labute approximate surface area is 114 Å². The monoisotopic (exact) mass is 275 g/mol. The molecule has 0 aliphatic carbocycles. The predicted molar refractivity (Wildman–Crippen MR) is 75.8 cm³/mol. The lowest BCUT2D eigenvalue weighted by Gasteiger charge is -2.00. The molecule has 0 heterocycles. The van der Waals surface area contributed by atoms with E-state index in [9.17, 15) is 10.1 Å². The van der Waals surface area contributed by atoms with E-state index in [1.807, 2.05) is 0 Å². The van der Waals surface area contributed by atoms with E-state index < -0.39 is 4.92 Å². The summed E-state index contributed by atoms with van der Waals surface area (Å²) in [5.74, 6) is 0. The first kappa shape index (κ1) is 13.0. The summed E-state index contributed by atoms with van der Waals surface area (Å²) in [4.78, 5) is 10.4. The molecule has 2 rings (SSSR count). The van der Waals surface area contributed by atoms with E-state index >= 15 is 0 Å². The molecule has 0 spiro atoms. The molecule has 0 aliphatic rings. The molecular weight excluding hydrogens is 266 g/mol. The molecule has 0 saturated carbocycles. The topological polar surface area (TPSA) is 67.5 Å². The third-order valence-electron chi connectivity index (χ3n) is 2.37. The van der Waals surface area contributed by atoms with Crippen molar-refractivity contribution in [2.45, 2.75) is 0 Å². The van der Waals surface area contributed by atoms with Gasteiger partial charge in [-0.05, 0) is 30.3 Å². The van der Waals surface area contributed by atoms with E-state index in [0.29, 0.717) is 10.6 Å². The summed E-state index contributed by atoms with van der Waals surface area (Å²) in [5, 5.41) is 15.4. The quantitative estimate of drug-likeness (QED) is 0.525. The zero-order valence-corrected chi connectivity index (χ0v) is 10.5. The van der Waals surface area contributed by atoms with Crippen molar-refractivity contribution in [1.29, 1.82) is 0 Å². The number of halogens is 1. The third-order valence-corrected chi connectivity index (χ3v) is 2.63. The zero-order valence-electron chi connectivity index (χ0n) is 9.79. The number of hydrogen-bond donors (Lipinski definition) is 1. The lowest BCUT2D eigenvalue weighted by atomic mass is 10.2. The Balaban J connectivity index is 2.11. The van der Waals surface area contributed by atoms with Gasteiger partial charge in [-0.25, -0.2) is 0 Å². The summed E-state index contributed by atoms with van der Waals surface area (Å²) in [6, 6.07) is 13.4. The van der Waals surface area contributed by atoms with Gasteiger partial charge >= 0.3 is 0 Å². The fraction of sp³-hybridized carbons (Fsp3) is 0. The van der Waals surface area contributed by atoms with Gasteiger partial charge < -0.3 is 0 Å². The second kappa shape index (κ2) is 5.97. The van der Waals surface area contributed by atoms with Crippen molar-refractivity contribution in [2.75, 3.05) is 5.43 Å². The van der Waals surface area contributed by atoms with Crippen molar-refractivity contribution in [3.05, 3.63) is 69.2 Å². The number of nitrogens with one attached hydrogen (secondary N) is 1. The summed E-state index contributed by atoms with van der Waals surface area (Å²) < 4.78 is 0. The van der Waals surface area contributed by atoms with Crippen LogP contribution >= 0.6 is 11.6 Å². The standard InChI is InChI=1S/C13H10ClN3O2/c14-11-5-7-12(8-6-11)16-15-9-10-3-1-2-4-13(10)17(18)19/h1-9,16H/b15-9+. The molecule has 0 unspecified atom stereocenters. The Morgan fingerprint density at radius 2 is 1.84 bits per heavy atom. The van der Waals surface area contributed by atoms with Crippen molar-refractivity contribution in [1.82, 2.24) is 0 Å². The maximum Gasteiger partial charge on any atom is 0.278 e. The van der Waals surface area contributed by atoms with E-state index in [1.54, 1.807) is 42.5 Å². The Morgan fingerprint density at radius 1 is 1.16 bits per heavy atom. The molecule has 0 atom stereocenters. The Bertz CT molecular complexity index is 612. The molecule has 0 radical (unpaired) electrons. The van der Waals surface area contributed by atoms with E-state index in [-0.39, 0.29) is 5.69 Å². The molecule has 2 aromatic rings. The Hall–Kier alpha value is -2.40. The molecule has 1 N–H and O–H groups in total. The van der Waals surface area contributed by atoms with E-state index in [1.165, 1.54) is 12.3 Å². The molecule has 96 valence electrons. The minimum absolute atomic E-state index is 0.0177. The van der Waals surface area contributed by atoms with Crippen molar-refractivity contribution in [3.8, 4) is 0 Å². The number of anilines is 1. The number of nitrogens with zero attached hydrogens (tertiary/aromatic N) is 2. The maximum absolute atomic E-state index is 10.8. The number of nitro groups is 1. The van der Waals surface area contributed by atoms with E-state index in [2.05, 4.69) is 10.5 Å². The van der Waals surface area contributed by atoms with Crippen LogP contribution < -0.4 is 5.43 Å². The van der Waals surface area contributed by atoms with Crippen LogP contribution in [0.15, 0.2) is 53.6 Å². The number of hydrogen-bond acceptors (Lipinski definition) is 4. The van der Waals surface area contributed by atoms with Crippen LogP contribution in [0.3, 0.4) is 0 Å². The number of rotatable bonds is 4. The molecule has 19 heavy (non-hydrogen) atoms. The lowest BCUT2D eigenvalue weighted by molar-refractivity contribution is -0.385. The molecule has 0 bridgehead atoms. The van der Waals surface area contributed by atoms with Crippen molar-refractivity contribution < 1.29 is 4.92 Å². The minimum Gasteiger partial charge on any atom is -0.278 e. The molecule has 0 aliphatic heterocycles. The van der Waals surface area contributed by atoms with Crippen LogP contribution in [0.1, 0.15) is 5.56 Å². The van der Waals surface area contributed by atoms with Crippen LogP contribution in [0.4, 0.5) is 11.4 Å². The highest BCUT2D eigenvalue weighted by molar-refractivity contribution is 6.30. The van der Waals surface area contributed by atoms with Crippen molar-refractivity contribution >= 4 is 29.2 Å². The average molecular weight is 276 g/mol. The number of hydrazone groups is 1. The largest absolute Gasteiger partial charge is 0.278 e. The van der Waals surface area contributed by atoms with Gasteiger partial charge in [0, 0.05) is 11.1 Å². The van der Waals surface area contributed by atoms with Gasteiger partial charge in [0.15, 0.2) is 0 Å². The molecule has 0 fully saturated rings. The van der Waals surface area contributed by atoms with Gasteiger partial charge in [0.05, 0.1) is 22.4 Å². The number of benzene rings is 2. The van der Waals surface area contributed by atoms with Gasteiger partial charge in [0.25, 0.3) is 5.69 Å². The molecule has 0 amide bonds. The highest BCUT2D eigenvalue weighted by Gasteiger charge is 2.09. The number of para-hydroxylation sites is 1. The van der Waals surface area contributed by atoms with Crippen LogP contribution in [0.25, 0.3) is 0 Å². The fourth-order valence-corrected chi connectivity index (χ4v) is 1.59. The highest BCUT2D eigenvalue weighted by Crippen LogP contribution is 2.16. The first-order chi connectivity index (χ1) is 9.16. The van der Waals surface area contributed by atoms with Gasteiger partial charge in [-0.3, -0.25) is 15.5 Å². The lowest BCUT2D eigenvalue weighted by Crippen LogP contribution is -1.96. The zero-order chi connectivity index (χ0) is 13.7. The Morgan fingerprint density at radius 3 is 2.53 bits per heavy atom. The first-order valence-electron chi connectivity index (χ1n) is 5.45. The predicted octanol–water partition coefficient (Wildman–Crippen LogP) is 3.69. The van der Waals surface area contributed by atoms with Gasteiger partial charge in [-0.2, -0.15) is 5.10 Å². The van der Waals surface area contributed by atoms with Gasteiger partial charge in [0.2, 0.25) is 0 Å². The smallest absolute Gasteiger partial charge is 0.278 e. The van der Waals surface area contributed by atoms with Crippen LogP contribution in [-0.4, -0.2) is 11.1 Å². The minimum atomic E-state index is -0.441. The normalized spacial score (nSPS) is 10.6. The van der Waals surface area contributed by atoms with Crippen LogP contribution in [0, 0.1) is 10.1 Å². The van der Waals surface area contributed by atoms with E-state index in [4.69, 9.17) is 11.6 Å². The maximum atomic E-state index is 10.8. The average Bonchev–Trinajstić information content (AvgIpc) is 2.41.